The predicted molar refractivity (Wildman–Crippen MR) is 88.3 cm³/mol. The van der Waals surface area contributed by atoms with E-state index >= 15 is 0 Å². The summed E-state index contributed by atoms with van der Waals surface area (Å²) >= 11 is 3.08. The number of carbonyl (C=O) groups excluding carboxylic acids is 1. The fraction of sp³-hybridized carbons (Fsp3) is 0.333. The van der Waals surface area contributed by atoms with E-state index in [-0.39, 0.29) is 16.1 Å². The number of nitrogens with zero attached hydrogens (tertiary/aromatic N) is 1. The summed E-state index contributed by atoms with van der Waals surface area (Å²) in [7, 11) is -3.72. The second-order valence-corrected chi connectivity index (χ2v) is 8.55. The first-order chi connectivity index (χ1) is 9.86. The Balaban J connectivity index is 1.95. The molecule has 0 radical (unpaired) electrons. The third kappa shape index (κ3) is 4.73. The Morgan fingerprint density at radius 1 is 1.43 bits per heavy atom. The molecule has 1 atom stereocenters. The molecule has 0 saturated carbocycles. The molecule has 1 amide bonds. The molecule has 1 heterocycles. The van der Waals surface area contributed by atoms with Gasteiger partial charge in [0.1, 0.15) is 4.38 Å². The SMILES string of the molecule is CC(SC1=NCCS1)C(=O)Nc1ccc(S(N)(=O)=O)cc1. The minimum absolute atomic E-state index is 0.0135. The Morgan fingerprint density at radius 2 is 2.10 bits per heavy atom. The summed E-state index contributed by atoms with van der Waals surface area (Å²) in [5.41, 5.74) is 0.529. The highest BCUT2D eigenvalue weighted by Crippen LogP contribution is 2.26. The van der Waals surface area contributed by atoms with E-state index in [2.05, 4.69) is 10.3 Å². The molecule has 1 aliphatic rings. The number of hydrogen-bond acceptors (Lipinski definition) is 6. The van der Waals surface area contributed by atoms with Crippen molar-refractivity contribution in [2.45, 2.75) is 17.1 Å². The van der Waals surface area contributed by atoms with Crippen molar-refractivity contribution in [3.05, 3.63) is 24.3 Å². The van der Waals surface area contributed by atoms with Crippen LogP contribution in [-0.4, -0.2) is 36.2 Å². The summed E-state index contributed by atoms with van der Waals surface area (Å²) < 4.78 is 23.2. The highest BCUT2D eigenvalue weighted by Gasteiger charge is 2.19. The monoisotopic (exact) mass is 345 g/mol. The van der Waals surface area contributed by atoms with Crippen LogP contribution in [0, 0.1) is 0 Å². The highest BCUT2D eigenvalue weighted by molar-refractivity contribution is 8.39. The number of rotatable bonds is 4. The van der Waals surface area contributed by atoms with E-state index in [1.54, 1.807) is 18.7 Å². The Bertz CT molecular complexity index is 656. The van der Waals surface area contributed by atoms with Gasteiger partial charge in [-0.25, -0.2) is 13.6 Å². The highest BCUT2D eigenvalue weighted by atomic mass is 32.2. The molecule has 9 heteroatoms. The van der Waals surface area contributed by atoms with Gasteiger partial charge in [0, 0.05) is 11.4 Å². The van der Waals surface area contributed by atoms with Gasteiger partial charge < -0.3 is 5.32 Å². The number of amides is 1. The van der Waals surface area contributed by atoms with Gasteiger partial charge in [0.25, 0.3) is 0 Å². The zero-order chi connectivity index (χ0) is 15.5. The van der Waals surface area contributed by atoms with Crippen LogP contribution in [0.3, 0.4) is 0 Å². The number of nitrogens with two attached hydrogens (primary N) is 1. The van der Waals surface area contributed by atoms with Crippen LogP contribution in [0.4, 0.5) is 5.69 Å². The van der Waals surface area contributed by atoms with Crippen LogP contribution in [0.5, 0.6) is 0 Å². The number of benzene rings is 1. The summed E-state index contributed by atoms with van der Waals surface area (Å²) in [6.45, 7) is 2.61. The molecular formula is C12H15N3O3S3. The molecule has 1 unspecified atom stereocenters. The van der Waals surface area contributed by atoms with Crippen molar-refractivity contribution < 1.29 is 13.2 Å². The lowest BCUT2D eigenvalue weighted by Gasteiger charge is -2.11. The summed E-state index contributed by atoms with van der Waals surface area (Å²) in [5, 5.41) is 7.48. The number of nitrogens with one attached hydrogen (secondary N) is 1. The predicted octanol–water partition coefficient (Wildman–Crippen LogP) is 1.50. The molecule has 0 bridgehead atoms. The van der Waals surface area contributed by atoms with Crippen LogP contribution in [0.1, 0.15) is 6.92 Å². The van der Waals surface area contributed by atoms with Gasteiger partial charge in [0.05, 0.1) is 16.7 Å². The van der Waals surface area contributed by atoms with Crippen molar-refractivity contribution in [3.63, 3.8) is 0 Å². The Morgan fingerprint density at radius 3 is 2.62 bits per heavy atom. The first-order valence-electron chi connectivity index (χ1n) is 6.14. The van der Waals surface area contributed by atoms with Crippen LogP contribution in [0.15, 0.2) is 34.2 Å². The summed E-state index contributed by atoms with van der Waals surface area (Å²) in [5.74, 6) is 0.810. The minimum Gasteiger partial charge on any atom is -0.325 e. The van der Waals surface area contributed by atoms with Crippen molar-refractivity contribution in [2.75, 3.05) is 17.6 Å². The van der Waals surface area contributed by atoms with Crippen LogP contribution in [0.2, 0.25) is 0 Å². The largest absolute Gasteiger partial charge is 0.325 e. The molecule has 0 aromatic heterocycles. The molecule has 1 aliphatic heterocycles. The van der Waals surface area contributed by atoms with Crippen LogP contribution < -0.4 is 10.5 Å². The van der Waals surface area contributed by atoms with E-state index in [1.165, 1.54) is 36.0 Å². The third-order valence-electron chi connectivity index (χ3n) is 2.65. The molecule has 1 aromatic carbocycles. The van der Waals surface area contributed by atoms with E-state index in [0.717, 1.165) is 16.7 Å². The molecule has 2 rings (SSSR count). The van der Waals surface area contributed by atoms with Gasteiger partial charge in [-0.3, -0.25) is 9.79 Å². The van der Waals surface area contributed by atoms with Gasteiger partial charge >= 0.3 is 0 Å². The fourth-order valence-electron chi connectivity index (χ4n) is 1.56. The summed E-state index contributed by atoms with van der Waals surface area (Å²) in [4.78, 5) is 16.3. The second kappa shape index (κ2) is 6.82. The number of hydrogen-bond donors (Lipinski definition) is 2. The number of thioether (sulfide) groups is 2. The number of anilines is 1. The summed E-state index contributed by atoms with van der Waals surface area (Å²) in [6, 6.07) is 5.74. The lowest BCUT2D eigenvalue weighted by Crippen LogP contribution is -2.23. The van der Waals surface area contributed by atoms with Gasteiger partial charge in [0.2, 0.25) is 15.9 Å². The van der Waals surface area contributed by atoms with Crippen molar-refractivity contribution in [3.8, 4) is 0 Å². The molecular weight excluding hydrogens is 330 g/mol. The Kier molecular flexibility index (Phi) is 5.31. The first-order valence-corrected chi connectivity index (χ1v) is 9.55. The number of carbonyl (C=O) groups is 1. The molecule has 1 aromatic rings. The van der Waals surface area contributed by atoms with Crippen LogP contribution >= 0.6 is 23.5 Å². The number of sulfonamides is 1. The molecule has 6 nitrogen and oxygen atoms in total. The maximum absolute atomic E-state index is 12.0. The third-order valence-corrected chi connectivity index (χ3v) is 5.89. The van der Waals surface area contributed by atoms with Gasteiger partial charge in [-0.1, -0.05) is 23.5 Å². The quantitative estimate of drug-likeness (QED) is 0.861. The van der Waals surface area contributed by atoms with Crippen LogP contribution in [-0.2, 0) is 14.8 Å². The molecule has 0 spiro atoms. The Labute approximate surface area is 132 Å². The molecule has 0 fully saturated rings. The van der Waals surface area contributed by atoms with Gasteiger partial charge in [-0.2, -0.15) is 0 Å². The van der Waals surface area contributed by atoms with Gasteiger partial charge in [-0.15, -0.1) is 0 Å². The molecule has 0 aliphatic carbocycles. The van der Waals surface area contributed by atoms with E-state index in [9.17, 15) is 13.2 Å². The molecule has 114 valence electrons. The standard InChI is InChI=1S/C12H15N3O3S3/c1-8(20-12-14-6-7-19-12)11(16)15-9-2-4-10(5-3-9)21(13,17)18/h2-5,8H,6-7H2,1H3,(H,15,16)(H2,13,17,18). The van der Waals surface area contributed by atoms with E-state index in [1.807, 2.05) is 0 Å². The number of aliphatic imine (C=N–C) groups is 1. The zero-order valence-corrected chi connectivity index (χ0v) is 13.7. The maximum Gasteiger partial charge on any atom is 0.238 e. The maximum atomic E-state index is 12.0. The minimum atomic E-state index is -3.72. The van der Waals surface area contributed by atoms with Crippen LogP contribution in [0.25, 0.3) is 0 Å². The lowest BCUT2D eigenvalue weighted by atomic mass is 10.3. The fourth-order valence-corrected chi connectivity index (χ4v) is 4.21. The van der Waals surface area contributed by atoms with Crippen molar-refractivity contribution in [1.82, 2.24) is 0 Å². The smallest absolute Gasteiger partial charge is 0.238 e. The van der Waals surface area contributed by atoms with Crippen molar-refractivity contribution in [1.29, 1.82) is 0 Å². The van der Waals surface area contributed by atoms with Crippen molar-refractivity contribution >= 4 is 49.5 Å². The van der Waals surface area contributed by atoms with Gasteiger partial charge in [0.15, 0.2) is 0 Å². The number of primary sulfonamides is 1. The average molecular weight is 345 g/mol. The van der Waals surface area contributed by atoms with E-state index < -0.39 is 10.0 Å². The molecule has 0 saturated heterocycles. The van der Waals surface area contributed by atoms with Crippen molar-refractivity contribution in [2.24, 2.45) is 10.1 Å². The zero-order valence-electron chi connectivity index (χ0n) is 11.3. The van der Waals surface area contributed by atoms with E-state index in [4.69, 9.17) is 5.14 Å². The molecule has 3 N–H and O–H groups in total. The molecule has 21 heavy (non-hydrogen) atoms. The topological polar surface area (TPSA) is 102 Å². The lowest BCUT2D eigenvalue weighted by molar-refractivity contribution is -0.115. The average Bonchev–Trinajstić information content (AvgIpc) is 2.91. The Hall–Kier alpha value is -1.03. The first kappa shape index (κ1) is 16.3. The second-order valence-electron chi connectivity index (χ2n) is 4.31. The van der Waals surface area contributed by atoms with E-state index in [0.29, 0.717) is 5.69 Å². The summed E-state index contributed by atoms with van der Waals surface area (Å²) in [6.07, 6.45) is 0. The normalized spacial score (nSPS) is 16.4. The van der Waals surface area contributed by atoms with Gasteiger partial charge in [-0.05, 0) is 31.2 Å².